The highest BCUT2D eigenvalue weighted by atomic mass is 127. The van der Waals surface area contributed by atoms with Gasteiger partial charge in [-0.25, -0.2) is 4.98 Å². The van der Waals surface area contributed by atoms with Crippen LogP contribution < -0.4 is 10.6 Å². The van der Waals surface area contributed by atoms with Gasteiger partial charge in [-0.2, -0.15) is 11.8 Å². The van der Waals surface area contributed by atoms with Crippen molar-refractivity contribution in [2.75, 3.05) is 19.3 Å². The number of hydrogen-bond donors (Lipinski definition) is 2. The van der Waals surface area contributed by atoms with Crippen molar-refractivity contribution in [2.24, 2.45) is 4.99 Å². The monoisotopic (exact) mass is 488 g/mol. The molecule has 1 fully saturated rings. The van der Waals surface area contributed by atoms with Crippen LogP contribution in [0, 0.1) is 0 Å². The zero-order chi connectivity index (χ0) is 16.8. The molecule has 4 nitrogen and oxygen atoms in total. The molecule has 2 N–H and O–H groups in total. The normalized spacial score (nSPS) is 20.2. The largest absolute Gasteiger partial charge is 0.355 e. The molecule has 136 valence electrons. The zero-order valence-electron chi connectivity index (χ0n) is 14.6. The van der Waals surface area contributed by atoms with Crippen molar-refractivity contribution in [1.82, 2.24) is 15.6 Å². The van der Waals surface area contributed by atoms with Gasteiger partial charge in [0, 0.05) is 29.3 Å². The first kappa shape index (κ1) is 20.5. The van der Waals surface area contributed by atoms with Crippen LogP contribution in [-0.2, 0) is 6.54 Å². The van der Waals surface area contributed by atoms with Crippen molar-refractivity contribution < 1.29 is 0 Å². The van der Waals surface area contributed by atoms with Crippen molar-refractivity contribution in [3.63, 3.8) is 0 Å². The van der Waals surface area contributed by atoms with Gasteiger partial charge in [0.25, 0.3) is 0 Å². The van der Waals surface area contributed by atoms with Crippen LogP contribution in [-0.4, -0.2) is 35.0 Å². The van der Waals surface area contributed by atoms with Crippen molar-refractivity contribution >= 4 is 53.0 Å². The fraction of sp³-hybridized carbons (Fsp3) is 0.444. The van der Waals surface area contributed by atoms with Gasteiger partial charge in [-0.05, 0) is 25.5 Å². The molecule has 1 atom stereocenters. The van der Waals surface area contributed by atoms with Gasteiger partial charge in [0.2, 0.25) is 0 Å². The van der Waals surface area contributed by atoms with Gasteiger partial charge in [-0.1, -0.05) is 30.3 Å². The minimum Gasteiger partial charge on any atom is -0.355 e. The summed E-state index contributed by atoms with van der Waals surface area (Å²) in [6.45, 7) is 3.97. The van der Waals surface area contributed by atoms with Crippen LogP contribution in [0.25, 0.3) is 10.6 Å². The molecule has 2 heterocycles. The number of thiazole rings is 1. The van der Waals surface area contributed by atoms with E-state index in [4.69, 9.17) is 4.98 Å². The first-order chi connectivity index (χ1) is 11.7. The Morgan fingerprint density at radius 2 is 2.08 bits per heavy atom. The molecule has 25 heavy (non-hydrogen) atoms. The maximum atomic E-state index is 4.71. The Labute approximate surface area is 175 Å². The Morgan fingerprint density at radius 1 is 1.28 bits per heavy atom. The fourth-order valence-corrected chi connectivity index (χ4v) is 4.81. The molecule has 1 aromatic heterocycles. The molecular weight excluding hydrogens is 463 g/mol. The highest BCUT2D eigenvalue weighted by Crippen LogP contribution is 2.36. The third-order valence-corrected chi connectivity index (χ3v) is 6.64. The quantitative estimate of drug-likeness (QED) is 0.373. The summed E-state index contributed by atoms with van der Waals surface area (Å²) in [5.74, 6) is 2.11. The van der Waals surface area contributed by atoms with Crippen molar-refractivity contribution in [3.8, 4) is 10.6 Å². The smallest absolute Gasteiger partial charge is 0.191 e. The Hall–Kier alpha value is -0.800. The summed E-state index contributed by atoms with van der Waals surface area (Å²) in [4.78, 5) is 9.03. The van der Waals surface area contributed by atoms with Crippen LogP contribution >= 0.6 is 47.1 Å². The average Bonchev–Trinajstić information content (AvgIpc) is 3.26. The number of nitrogens with one attached hydrogen (secondary N) is 2. The second-order valence-corrected chi connectivity index (χ2v) is 8.73. The van der Waals surface area contributed by atoms with Crippen molar-refractivity contribution in [2.45, 2.75) is 31.1 Å². The van der Waals surface area contributed by atoms with E-state index < -0.39 is 0 Å². The summed E-state index contributed by atoms with van der Waals surface area (Å²) < 4.78 is 0.332. The van der Waals surface area contributed by atoms with Gasteiger partial charge in [0.1, 0.15) is 5.01 Å². The number of guanidine groups is 1. The first-order valence-electron chi connectivity index (χ1n) is 8.27. The lowest BCUT2D eigenvalue weighted by molar-refractivity contribution is 0.584. The molecule has 0 saturated carbocycles. The maximum Gasteiger partial charge on any atom is 0.191 e. The van der Waals surface area contributed by atoms with E-state index >= 15 is 0 Å². The lowest BCUT2D eigenvalue weighted by atomic mass is 10.1. The molecule has 1 aliphatic heterocycles. The van der Waals surface area contributed by atoms with Crippen LogP contribution in [0.5, 0.6) is 0 Å². The number of nitrogens with zero attached hydrogens (tertiary/aromatic N) is 2. The first-order valence-corrected chi connectivity index (χ1v) is 10.1. The van der Waals surface area contributed by atoms with Crippen LogP contribution in [0.15, 0.2) is 40.7 Å². The molecule has 1 unspecified atom stereocenters. The summed E-state index contributed by atoms with van der Waals surface area (Å²) >= 11 is 3.74. The van der Waals surface area contributed by atoms with Crippen molar-refractivity contribution in [3.05, 3.63) is 41.4 Å². The summed E-state index contributed by atoms with van der Waals surface area (Å²) in [7, 11) is 1.82. The average molecular weight is 488 g/mol. The zero-order valence-corrected chi connectivity index (χ0v) is 18.6. The number of benzene rings is 1. The molecule has 1 aliphatic rings. The molecule has 7 heteroatoms. The fourth-order valence-electron chi connectivity index (χ4n) is 2.74. The molecule has 0 amide bonds. The lowest BCUT2D eigenvalue weighted by Crippen LogP contribution is -2.43. The van der Waals surface area contributed by atoms with E-state index in [1.165, 1.54) is 24.2 Å². The summed E-state index contributed by atoms with van der Waals surface area (Å²) in [6, 6.07) is 10.3. The topological polar surface area (TPSA) is 49.3 Å². The number of halogens is 1. The third kappa shape index (κ3) is 5.86. The number of hydrogen-bond acceptors (Lipinski definition) is 4. The number of rotatable bonds is 5. The summed E-state index contributed by atoms with van der Waals surface area (Å²) in [5, 5.41) is 9.99. The van der Waals surface area contributed by atoms with Gasteiger partial charge in [-0.15, -0.1) is 35.3 Å². The van der Waals surface area contributed by atoms with E-state index in [0.717, 1.165) is 23.2 Å². The second kappa shape index (κ2) is 9.78. The molecule has 0 radical (unpaired) electrons. The molecule has 1 saturated heterocycles. The molecule has 0 spiro atoms. The number of thioether (sulfide) groups is 1. The van der Waals surface area contributed by atoms with Crippen LogP contribution in [0.1, 0.15) is 25.5 Å². The highest BCUT2D eigenvalue weighted by Gasteiger charge is 2.29. The van der Waals surface area contributed by atoms with Gasteiger partial charge in [-0.3, -0.25) is 4.99 Å². The summed E-state index contributed by atoms with van der Waals surface area (Å²) in [5.41, 5.74) is 2.21. The van der Waals surface area contributed by atoms with E-state index in [-0.39, 0.29) is 24.0 Å². The van der Waals surface area contributed by atoms with Crippen LogP contribution in [0.4, 0.5) is 0 Å². The Kier molecular flexibility index (Phi) is 8.02. The minimum absolute atomic E-state index is 0. The minimum atomic E-state index is 0. The molecule has 1 aromatic carbocycles. The highest BCUT2D eigenvalue weighted by molar-refractivity contribution is 14.0. The second-order valence-electron chi connectivity index (χ2n) is 6.19. The van der Waals surface area contributed by atoms with Gasteiger partial charge >= 0.3 is 0 Å². The van der Waals surface area contributed by atoms with E-state index in [1.54, 1.807) is 11.3 Å². The Balaban J connectivity index is 0.00000225. The summed E-state index contributed by atoms with van der Waals surface area (Å²) in [6.07, 6.45) is 2.59. The van der Waals surface area contributed by atoms with Gasteiger partial charge in [0.05, 0.1) is 12.2 Å². The van der Waals surface area contributed by atoms with E-state index in [0.29, 0.717) is 11.3 Å². The molecule has 0 aliphatic carbocycles. The SMILES string of the molecule is CN=C(NCc1csc(-c2ccccc2)n1)NCC1(C)CCCS1.I. The van der Waals surface area contributed by atoms with Crippen LogP contribution in [0.2, 0.25) is 0 Å². The molecule has 0 bridgehead atoms. The van der Waals surface area contributed by atoms with E-state index in [9.17, 15) is 0 Å². The lowest BCUT2D eigenvalue weighted by Gasteiger charge is -2.24. The maximum absolute atomic E-state index is 4.71. The Bertz CT molecular complexity index is 681. The predicted molar refractivity (Wildman–Crippen MR) is 121 cm³/mol. The molecular formula is C18H25IN4S2. The number of aromatic nitrogens is 1. The molecule has 2 aromatic rings. The van der Waals surface area contributed by atoms with Crippen molar-refractivity contribution in [1.29, 1.82) is 0 Å². The van der Waals surface area contributed by atoms with Gasteiger partial charge < -0.3 is 10.6 Å². The standard InChI is InChI=1S/C18H24N4S2.HI/c1-18(9-6-10-24-18)13-21-17(19-2)20-11-15-12-23-16(22-15)14-7-4-3-5-8-14;/h3-5,7-8,12H,6,9-11,13H2,1-2H3,(H2,19,20,21);1H. The van der Waals surface area contributed by atoms with E-state index in [1.807, 2.05) is 25.2 Å². The van der Waals surface area contributed by atoms with Gasteiger partial charge in [0.15, 0.2) is 5.96 Å². The number of aliphatic imine (C=N–C) groups is 1. The van der Waals surface area contributed by atoms with Crippen LogP contribution in [0.3, 0.4) is 0 Å². The molecule has 3 rings (SSSR count). The van der Waals surface area contributed by atoms with E-state index in [2.05, 4.69) is 51.8 Å². The predicted octanol–water partition coefficient (Wildman–Crippen LogP) is 4.38. The Morgan fingerprint density at radius 3 is 2.76 bits per heavy atom. The third-order valence-electron chi connectivity index (χ3n) is 4.16.